The van der Waals surface area contributed by atoms with Gasteiger partial charge in [0.25, 0.3) is 0 Å². The van der Waals surface area contributed by atoms with E-state index < -0.39 is 9.84 Å². The third-order valence-corrected chi connectivity index (χ3v) is 11.2. The highest BCUT2D eigenvalue weighted by Crippen LogP contribution is 2.36. The minimum Gasteiger partial charge on any atom is -0.369 e. The predicted octanol–water partition coefficient (Wildman–Crippen LogP) is 5.85. The Morgan fingerprint density at radius 3 is 2.29 bits per heavy atom. The lowest BCUT2D eigenvalue weighted by Crippen LogP contribution is -2.40. The molecule has 3 aromatic rings. The Labute approximate surface area is 242 Å². The van der Waals surface area contributed by atoms with Gasteiger partial charge in [0.05, 0.1) is 17.2 Å². The van der Waals surface area contributed by atoms with Gasteiger partial charge in [-0.3, -0.25) is 4.79 Å². The summed E-state index contributed by atoms with van der Waals surface area (Å²) >= 11 is 0. The first kappa shape index (κ1) is 28.3. The van der Waals surface area contributed by atoms with E-state index in [1.165, 1.54) is 25.3 Å². The van der Waals surface area contributed by atoms with E-state index >= 15 is 0 Å². The maximum Gasteiger partial charge on any atom is 0.167 e. The standard InChI is InChI=1S/C32H40FN3O4S/c33-27-7-10-31-29(22-27)32(34-40-31)26-12-15-35(16-13-26)14-11-23-1-3-24(4-2-23)21-30(37)25-5-8-28(9-6-25)36-17-19-41(38,39)20-18-36/h5-10,22-24,26H,1-4,11-21H2. The third-order valence-electron chi connectivity index (χ3n) is 9.63. The SMILES string of the molecule is O=C(CC1CCC(CCN2CCC(c3noc4ccc(F)cc34)CC2)CC1)c1ccc(N2CCS(=O)(=O)CC2)cc1. The fourth-order valence-electron chi connectivity index (χ4n) is 6.95. The Bertz CT molecular complexity index is 1440. The van der Waals surface area contributed by atoms with Crippen LogP contribution in [0.1, 0.15) is 73.3 Å². The second kappa shape index (κ2) is 12.2. The number of Topliss-reactive ketones (excluding diaryl/α,β-unsaturated/α-hetero) is 1. The van der Waals surface area contributed by atoms with Crippen molar-refractivity contribution in [1.82, 2.24) is 10.1 Å². The molecule has 0 unspecified atom stereocenters. The van der Waals surface area contributed by atoms with Crippen molar-refractivity contribution in [2.75, 3.05) is 49.1 Å². The fourth-order valence-corrected chi connectivity index (χ4v) is 8.15. The molecule has 41 heavy (non-hydrogen) atoms. The number of halogens is 1. The smallest absolute Gasteiger partial charge is 0.167 e. The van der Waals surface area contributed by atoms with Crippen LogP contribution in [0.2, 0.25) is 0 Å². The van der Waals surface area contributed by atoms with E-state index in [1.807, 2.05) is 24.3 Å². The Kier molecular flexibility index (Phi) is 8.45. The van der Waals surface area contributed by atoms with Crippen molar-refractivity contribution in [2.45, 2.75) is 57.3 Å². The van der Waals surface area contributed by atoms with Gasteiger partial charge in [-0.2, -0.15) is 0 Å². The van der Waals surface area contributed by atoms with Gasteiger partial charge < -0.3 is 14.3 Å². The Morgan fingerprint density at radius 2 is 1.59 bits per heavy atom. The van der Waals surface area contributed by atoms with E-state index in [1.54, 1.807) is 12.1 Å². The molecule has 3 fully saturated rings. The lowest BCUT2D eigenvalue weighted by atomic mass is 9.78. The number of hydrogen-bond acceptors (Lipinski definition) is 7. The average molecular weight is 582 g/mol. The van der Waals surface area contributed by atoms with E-state index in [9.17, 15) is 17.6 Å². The summed E-state index contributed by atoms with van der Waals surface area (Å²) in [5.74, 6) is 1.87. The number of sulfone groups is 1. The molecule has 9 heteroatoms. The first-order valence-electron chi connectivity index (χ1n) is 15.2. The number of nitrogens with zero attached hydrogens (tertiary/aromatic N) is 3. The first-order valence-corrected chi connectivity index (χ1v) is 17.0. The van der Waals surface area contributed by atoms with Crippen molar-refractivity contribution >= 4 is 32.3 Å². The summed E-state index contributed by atoms with van der Waals surface area (Å²) in [7, 11) is -2.91. The van der Waals surface area contributed by atoms with Gasteiger partial charge in [0.2, 0.25) is 0 Å². The highest BCUT2D eigenvalue weighted by Gasteiger charge is 2.28. The molecule has 0 N–H and O–H groups in total. The predicted molar refractivity (Wildman–Crippen MR) is 159 cm³/mol. The van der Waals surface area contributed by atoms with Crippen LogP contribution in [0, 0.1) is 17.7 Å². The number of carbonyl (C=O) groups excluding carboxylic acids is 1. The summed E-state index contributed by atoms with van der Waals surface area (Å²) in [6.45, 7) is 4.21. The summed E-state index contributed by atoms with van der Waals surface area (Å²) in [5.41, 5.74) is 3.31. The fraction of sp³-hybridized carbons (Fsp3) is 0.562. The number of ketones is 1. The maximum atomic E-state index is 13.7. The van der Waals surface area contributed by atoms with Gasteiger partial charge in [-0.15, -0.1) is 0 Å². The number of carbonyl (C=O) groups is 1. The van der Waals surface area contributed by atoms with Gasteiger partial charge in [0.1, 0.15) is 5.82 Å². The van der Waals surface area contributed by atoms with Crippen LogP contribution in [0.15, 0.2) is 47.0 Å². The lowest BCUT2D eigenvalue weighted by Gasteiger charge is -2.34. The van der Waals surface area contributed by atoms with Gasteiger partial charge in [0.15, 0.2) is 21.2 Å². The molecule has 1 aliphatic carbocycles. The summed E-state index contributed by atoms with van der Waals surface area (Å²) < 4.78 is 42.6. The van der Waals surface area contributed by atoms with Crippen molar-refractivity contribution in [2.24, 2.45) is 11.8 Å². The number of fused-ring (bicyclic) bond motifs is 1. The summed E-state index contributed by atoms with van der Waals surface area (Å²) in [6, 6.07) is 12.3. The Hall–Kier alpha value is -2.78. The zero-order valence-corrected chi connectivity index (χ0v) is 24.5. The van der Waals surface area contributed by atoms with E-state index in [0.717, 1.165) is 73.6 Å². The second-order valence-corrected chi connectivity index (χ2v) is 14.6. The quantitative estimate of drug-likeness (QED) is 0.309. The molecule has 0 spiro atoms. The van der Waals surface area contributed by atoms with Crippen LogP contribution in [0.4, 0.5) is 10.1 Å². The van der Waals surface area contributed by atoms with Crippen molar-refractivity contribution in [3.8, 4) is 0 Å². The van der Waals surface area contributed by atoms with Crippen LogP contribution in [-0.2, 0) is 9.84 Å². The molecule has 1 saturated carbocycles. The third kappa shape index (κ3) is 6.83. The highest BCUT2D eigenvalue weighted by molar-refractivity contribution is 7.91. The molecule has 6 rings (SSSR count). The zero-order valence-electron chi connectivity index (χ0n) is 23.6. The van der Waals surface area contributed by atoms with Crippen LogP contribution in [0.5, 0.6) is 0 Å². The molecule has 0 atom stereocenters. The molecule has 3 heterocycles. The normalized spacial score (nSPS) is 24.1. The van der Waals surface area contributed by atoms with Gasteiger partial charge in [-0.25, -0.2) is 12.8 Å². The Morgan fingerprint density at radius 1 is 0.902 bits per heavy atom. The van der Waals surface area contributed by atoms with E-state index in [2.05, 4.69) is 15.0 Å². The highest BCUT2D eigenvalue weighted by atomic mass is 32.2. The molecule has 1 aromatic heterocycles. The molecule has 2 aliphatic heterocycles. The molecule has 0 amide bonds. The maximum absolute atomic E-state index is 13.7. The number of piperidine rings is 1. The van der Waals surface area contributed by atoms with Crippen LogP contribution in [0.25, 0.3) is 11.0 Å². The van der Waals surface area contributed by atoms with Gasteiger partial charge in [-0.1, -0.05) is 18.0 Å². The lowest BCUT2D eigenvalue weighted by molar-refractivity contribution is 0.0939. The Balaban J connectivity index is 0.903. The molecular formula is C32H40FN3O4S. The molecule has 7 nitrogen and oxygen atoms in total. The van der Waals surface area contributed by atoms with Crippen LogP contribution >= 0.6 is 0 Å². The van der Waals surface area contributed by atoms with E-state index in [-0.39, 0.29) is 23.1 Å². The van der Waals surface area contributed by atoms with Crippen molar-refractivity contribution in [3.63, 3.8) is 0 Å². The van der Waals surface area contributed by atoms with Crippen molar-refractivity contribution in [1.29, 1.82) is 0 Å². The number of benzene rings is 2. The van der Waals surface area contributed by atoms with Gasteiger partial charge in [-0.05, 0) is 106 Å². The number of aromatic nitrogens is 1. The topological polar surface area (TPSA) is 83.7 Å². The summed E-state index contributed by atoms with van der Waals surface area (Å²) in [6.07, 6.45) is 8.50. The number of anilines is 1. The second-order valence-electron chi connectivity index (χ2n) is 12.3. The van der Waals surface area contributed by atoms with E-state index in [4.69, 9.17) is 4.52 Å². The zero-order chi connectivity index (χ0) is 28.4. The van der Waals surface area contributed by atoms with Crippen molar-refractivity contribution < 1.29 is 22.1 Å². The van der Waals surface area contributed by atoms with E-state index in [0.29, 0.717) is 36.9 Å². The molecule has 2 saturated heterocycles. The number of rotatable bonds is 8. The van der Waals surface area contributed by atoms with Crippen molar-refractivity contribution in [3.05, 3.63) is 59.5 Å². The number of likely N-dealkylation sites (tertiary alicyclic amines) is 1. The first-order chi connectivity index (χ1) is 19.8. The van der Waals surface area contributed by atoms with Gasteiger partial charge in [0, 0.05) is 42.1 Å². The molecule has 3 aliphatic rings. The molecule has 0 radical (unpaired) electrons. The minimum absolute atomic E-state index is 0.194. The van der Waals surface area contributed by atoms with Crippen LogP contribution in [0.3, 0.4) is 0 Å². The molecule has 220 valence electrons. The van der Waals surface area contributed by atoms with Gasteiger partial charge >= 0.3 is 0 Å². The van der Waals surface area contributed by atoms with Crippen LogP contribution < -0.4 is 4.90 Å². The molecule has 0 bridgehead atoms. The molecule has 2 aromatic carbocycles. The largest absolute Gasteiger partial charge is 0.369 e. The number of hydrogen-bond donors (Lipinski definition) is 0. The monoisotopic (exact) mass is 581 g/mol. The average Bonchev–Trinajstić information content (AvgIpc) is 3.40. The molecular weight excluding hydrogens is 541 g/mol. The summed E-state index contributed by atoms with van der Waals surface area (Å²) in [4.78, 5) is 17.6. The minimum atomic E-state index is -2.91. The summed E-state index contributed by atoms with van der Waals surface area (Å²) in [5, 5.41) is 5.09. The van der Waals surface area contributed by atoms with Crippen LogP contribution in [-0.4, -0.2) is 68.5 Å².